The second kappa shape index (κ2) is 6.75. The number of nitrogens with zero attached hydrogens (tertiary/aromatic N) is 1. The molecule has 0 radical (unpaired) electrons. The SMILES string of the molecule is COc1ccc(C2(C(=O)NS(=O)(=O)c3c(C)noc3C)CCCC2)cc1. The second-order valence-electron chi connectivity index (χ2n) is 6.61. The Morgan fingerprint density at radius 2 is 1.81 bits per heavy atom. The first-order valence-electron chi connectivity index (χ1n) is 8.45. The third-order valence-corrected chi connectivity index (χ3v) is 6.57. The molecule has 1 N–H and O–H groups in total. The van der Waals surface area contributed by atoms with Crippen molar-refractivity contribution in [3.05, 3.63) is 41.3 Å². The molecule has 8 heteroatoms. The molecule has 0 atom stereocenters. The number of benzene rings is 1. The van der Waals surface area contributed by atoms with E-state index in [0.29, 0.717) is 18.6 Å². The summed E-state index contributed by atoms with van der Waals surface area (Å²) in [6.07, 6.45) is 2.93. The number of carbonyl (C=O) groups excluding carboxylic acids is 1. The van der Waals surface area contributed by atoms with E-state index in [0.717, 1.165) is 18.4 Å². The van der Waals surface area contributed by atoms with Crippen LogP contribution in [0.15, 0.2) is 33.7 Å². The van der Waals surface area contributed by atoms with E-state index in [1.165, 1.54) is 13.8 Å². The molecule has 0 unspecified atom stereocenters. The normalized spacial score (nSPS) is 16.4. The Bertz CT molecular complexity index is 890. The summed E-state index contributed by atoms with van der Waals surface area (Å²) in [6, 6.07) is 7.22. The molecule has 7 nitrogen and oxygen atoms in total. The van der Waals surface area contributed by atoms with Crippen LogP contribution in [0.3, 0.4) is 0 Å². The summed E-state index contributed by atoms with van der Waals surface area (Å²) < 4.78 is 37.8. The summed E-state index contributed by atoms with van der Waals surface area (Å²) >= 11 is 0. The molecule has 1 amide bonds. The third-order valence-electron chi connectivity index (χ3n) is 5.00. The highest BCUT2D eigenvalue weighted by Crippen LogP contribution is 2.42. The van der Waals surface area contributed by atoms with E-state index in [1.807, 2.05) is 12.1 Å². The van der Waals surface area contributed by atoms with Crippen LogP contribution in [0, 0.1) is 13.8 Å². The number of nitrogens with one attached hydrogen (secondary N) is 1. The third kappa shape index (κ3) is 3.09. The number of aromatic nitrogens is 1. The monoisotopic (exact) mass is 378 g/mol. The Morgan fingerprint density at radius 3 is 2.31 bits per heavy atom. The number of sulfonamides is 1. The van der Waals surface area contributed by atoms with Gasteiger partial charge >= 0.3 is 0 Å². The summed E-state index contributed by atoms with van der Waals surface area (Å²) in [4.78, 5) is 13.0. The van der Waals surface area contributed by atoms with Crippen LogP contribution in [0.25, 0.3) is 0 Å². The Balaban J connectivity index is 1.94. The smallest absolute Gasteiger partial charge is 0.269 e. The number of hydrogen-bond acceptors (Lipinski definition) is 6. The zero-order chi connectivity index (χ0) is 18.9. The van der Waals surface area contributed by atoms with Crippen molar-refractivity contribution in [2.75, 3.05) is 7.11 Å². The molecule has 1 aliphatic rings. The van der Waals surface area contributed by atoms with Gasteiger partial charge in [0, 0.05) is 0 Å². The molecule has 3 rings (SSSR count). The van der Waals surface area contributed by atoms with E-state index < -0.39 is 21.3 Å². The molecule has 1 heterocycles. The number of ether oxygens (including phenoxy) is 1. The number of methoxy groups -OCH3 is 1. The van der Waals surface area contributed by atoms with Crippen LogP contribution in [0.1, 0.15) is 42.7 Å². The van der Waals surface area contributed by atoms with Crippen molar-refractivity contribution in [2.45, 2.75) is 49.8 Å². The Morgan fingerprint density at radius 1 is 1.19 bits per heavy atom. The number of carbonyl (C=O) groups is 1. The average Bonchev–Trinajstić information content (AvgIpc) is 3.22. The van der Waals surface area contributed by atoms with Crippen molar-refractivity contribution >= 4 is 15.9 Å². The lowest BCUT2D eigenvalue weighted by molar-refractivity contribution is -0.124. The molecule has 0 saturated heterocycles. The first-order valence-corrected chi connectivity index (χ1v) is 9.93. The molecule has 1 aromatic heterocycles. The highest BCUT2D eigenvalue weighted by molar-refractivity contribution is 7.90. The van der Waals surface area contributed by atoms with Gasteiger partial charge in [0.05, 0.1) is 12.5 Å². The van der Waals surface area contributed by atoms with Crippen LogP contribution < -0.4 is 9.46 Å². The Kier molecular flexibility index (Phi) is 4.79. The highest BCUT2D eigenvalue weighted by atomic mass is 32.2. The Hall–Kier alpha value is -2.35. The summed E-state index contributed by atoms with van der Waals surface area (Å²) in [5.74, 6) is 0.332. The first kappa shape index (κ1) is 18.4. The molecule has 140 valence electrons. The lowest BCUT2D eigenvalue weighted by Crippen LogP contribution is -2.45. The van der Waals surface area contributed by atoms with Gasteiger partial charge in [0.1, 0.15) is 11.4 Å². The van der Waals surface area contributed by atoms with E-state index in [9.17, 15) is 13.2 Å². The maximum absolute atomic E-state index is 13.1. The maximum atomic E-state index is 13.1. The minimum absolute atomic E-state index is 0.0753. The molecule has 1 saturated carbocycles. The minimum atomic E-state index is -4.05. The van der Waals surface area contributed by atoms with Crippen molar-refractivity contribution in [3.8, 4) is 5.75 Å². The minimum Gasteiger partial charge on any atom is -0.497 e. The lowest BCUT2D eigenvalue weighted by Gasteiger charge is -2.28. The van der Waals surface area contributed by atoms with Gasteiger partial charge in [0.15, 0.2) is 10.7 Å². The van der Waals surface area contributed by atoms with Gasteiger partial charge in [0.25, 0.3) is 10.0 Å². The Labute approximate surface area is 152 Å². The van der Waals surface area contributed by atoms with Gasteiger partial charge in [-0.15, -0.1) is 0 Å². The molecule has 1 aromatic carbocycles. The predicted octanol–water partition coefficient (Wildman–Crippen LogP) is 2.62. The van der Waals surface area contributed by atoms with Gasteiger partial charge in [-0.3, -0.25) is 4.79 Å². The van der Waals surface area contributed by atoms with Gasteiger partial charge in [-0.05, 0) is 44.4 Å². The molecule has 26 heavy (non-hydrogen) atoms. The van der Waals surface area contributed by atoms with Crippen molar-refractivity contribution in [1.29, 1.82) is 0 Å². The fraction of sp³-hybridized carbons (Fsp3) is 0.444. The number of hydrogen-bond donors (Lipinski definition) is 1. The van der Waals surface area contributed by atoms with E-state index >= 15 is 0 Å². The number of amides is 1. The zero-order valence-electron chi connectivity index (χ0n) is 15.0. The molecule has 2 aromatic rings. The van der Waals surface area contributed by atoms with Gasteiger partial charge in [-0.2, -0.15) is 0 Å². The molecule has 1 fully saturated rings. The van der Waals surface area contributed by atoms with E-state index in [1.54, 1.807) is 19.2 Å². The zero-order valence-corrected chi connectivity index (χ0v) is 15.9. The molecule has 1 aliphatic carbocycles. The second-order valence-corrected chi connectivity index (χ2v) is 8.22. The van der Waals surface area contributed by atoms with Crippen molar-refractivity contribution < 1.29 is 22.5 Å². The topological polar surface area (TPSA) is 98.5 Å². The average molecular weight is 378 g/mol. The van der Waals surface area contributed by atoms with Crippen molar-refractivity contribution in [2.24, 2.45) is 0 Å². The van der Waals surface area contributed by atoms with E-state index in [2.05, 4.69) is 9.88 Å². The standard InChI is InChI=1S/C18H22N2O5S/c1-12-16(13(2)25-19-12)26(22,23)20-17(21)18(10-4-5-11-18)14-6-8-15(24-3)9-7-14/h6-9H,4-5,10-11H2,1-3H3,(H,20,21). The van der Waals surface area contributed by atoms with Gasteiger partial charge in [-0.25, -0.2) is 13.1 Å². The lowest BCUT2D eigenvalue weighted by atomic mass is 9.78. The summed E-state index contributed by atoms with van der Waals surface area (Å²) in [5, 5.41) is 3.66. The largest absolute Gasteiger partial charge is 0.497 e. The van der Waals surface area contributed by atoms with E-state index in [-0.39, 0.29) is 16.3 Å². The summed E-state index contributed by atoms with van der Waals surface area (Å²) in [7, 11) is -2.48. The van der Waals surface area contributed by atoms with Crippen molar-refractivity contribution in [3.63, 3.8) is 0 Å². The van der Waals surface area contributed by atoms with Gasteiger partial charge < -0.3 is 9.26 Å². The number of aryl methyl sites for hydroxylation is 2. The highest BCUT2D eigenvalue weighted by Gasteiger charge is 2.44. The molecule has 0 bridgehead atoms. The van der Waals surface area contributed by atoms with Crippen LogP contribution >= 0.6 is 0 Å². The van der Waals surface area contributed by atoms with Crippen LogP contribution in [-0.2, 0) is 20.2 Å². The van der Waals surface area contributed by atoms with Gasteiger partial charge in [-0.1, -0.05) is 30.1 Å². The molecular formula is C18H22N2O5S. The van der Waals surface area contributed by atoms with Gasteiger partial charge in [0.2, 0.25) is 5.91 Å². The fourth-order valence-electron chi connectivity index (χ4n) is 3.66. The first-order chi connectivity index (χ1) is 12.3. The summed E-state index contributed by atoms with van der Waals surface area (Å²) in [6.45, 7) is 3.04. The number of rotatable bonds is 5. The van der Waals surface area contributed by atoms with Crippen LogP contribution in [0.4, 0.5) is 0 Å². The fourth-order valence-corrected chi connectivity index (χ4v) is 5.05. The van der Waals surface area contributed by atoms with Crippen LogP contribution in [0.5, 0.6) is 5.75 Å². The summed E-state index contributed by atoms with van der Waals surface area (Å²) in [5.41, 5.74) is 0.160. The molecule has 0 aliphatic heterocycles. The van der Waals surface area contributed by atoms with Crippen LogP contribution in [-0.4, -0.2) is 26.6 Å². The van der Waals surface area contributed by atoms with Crippen LogP contribution in [0.2, 0.25) is 0 Å². The van der Waals surface area contributed by atoms with E-state index in [4.69, 9.17) is 9.26 Å². The quantitative estimate of drug-likeness (QED) is 0.859. The van der Waals surface area contributed by atoms with Crippen molar-refractivity contribution in [1.82, 2.24) is 9.88 Å². The maximum Gasteiger partial charge on any atom is 0.269 e. The predicted molar refractivity (Wildman–Crippen MR) is 94.4 cm³/mol. The molecule has 0 spiro atoms. The molecular weight excluding hydrogens is 356 g/mol.